The highest BCUT2D eigenvalue weighted by atomic mass is 16.5. The highest BCUT2D eigenvalue weighted by Gasteiger charge is 2.17. The number of aromatic nitrogens is 2. The fraction of sp³-hybridized carbons (Fsp3) is 0.231. The summed E-state index contributed by atoms with van der Waals surface area (Å²) in [6.45, 7) is 0. The first-order chi connectivity index (χ1) is 16.8. The molecule has 2 N–H and O–H groups in total. The minimum Gasteiger partial charge on any atom is -0.504 e. The van der Waals surface area contributed by atoms with Crippen LogP contribution in [0.5, 0.6) is 34.5 Å². The molecule has 0 radical (unpaired) electrons. The fourth-order valence-electron chi connectivity index (χ4n) is 3.67. The highest BCUT2D eigenvalue weighted by molar-refractivity contribution is 5.77. The van der Waals surface area contributed by atoms with Crippen LogP contribution in [0.25, 0.3) is 24.3 Å². The fourth-order valence-corrected chi connectivity index (χ4v) is 3.67. The first kappa shape index (κ1) is 25.2. The van der Waals surface area contributed by atoms with Gasteiger partial charge in [0.1, 0.15) is 11.4 Å². The summed E-state index contributed by atoms with van der Waals surface area (Å²) in [6.07, 6.45) is 7.10. The zero-order valence-corrected chi connectivity index (χ0v) is 20.5. The molecule has 3 rings (SSSR count). The molecule has 0 atom stereocenters. The van der Waals surface area contributed by atoms with Gasteiger partial charge in [0, 0.05) is 17.2 Å². The van der Waals surface area contributed by atoms with E-state index in [9.17, 15) is 15.0 Å². The Morgan fingerprint density at radius 3 is 1.66 bits per heavy atom. The molecule has 0 amide bonds. The van der Waals surface area contributed by atoms with Gasteiger partial charge in [-0.1, -0.05) is 0 Å². The Balaban J connectivity index is 2.06. The molecule has 0 bridgehead atoms. The number of benzene rings is 2. The highest BCUT2D eigenvalue weighted by Crippen LogP contribution is 2.40. The van der Waals surface area contributed by atoms with Crippen molar-refractivity contribution in [1.82, 2.24) is 4.57 Å². The lowest BCUT2D eigenvalue weighted by molar-refractivity contribution is -0.692. The van der Waals surface area contributed by atoms with Gasteiger partial charge in [0.25, 0.3) is 0 Å². The van der Waals surface area contributed by atoms with Gasteiger partial charge in [-0.05, 0) is 48.6 Å². The molecule has 0 saturated carbocycles. The average Bonchev–Trinajstić information content (AvgIpc) is 2.86. The van der Waals surface area contributed by atoms with Crippen LogP contribution >= 0.6 is 0 Å². The van der Waals surface area contributed by atoms with Gasteiger partial charge in [-0.3, -0.25) is 0 Å². The molecule has 0 aliphatic rings. The van der Waals surface area contributed by atoms with Crippen LogP contribution in [0.3, 0.4) is 0 Å². The van der Waals surface area contributed by atoms with E-state index in [1.54, 1.807) is 50.5 Å². The predicted molar refractivity (Wildman–Crippen MR) is 133 cm³/mol. The van der Waals surface area contributed by atoms with Gasteiger partial charge in [0.2, 0.25) is 11.5 Å². The van der Waals surface area contributed by atoms with Gasteiger partial charge in [-0.15, -0.1) is 0 Å². The number of hydrogen-bond donors (Lipinski definition) is 2. The van der Waals surface area contributed by atoms with E-state index in [1.165, 1.54) is 49.7 Å². The second-order valence-corrected chi connectivity index (χ2v) is 7.54. The number of ether oxygens (including phenoxy) is 4. The molecule has 1 heterocycles. The molecule has 9 heteroatoms. The first-order valence-electron chi connectivity index (χ1n) is 10.6. The number of hydrogen-bond acceptors (Lipinski definition) is 7. The van der Waals surface area contributed by atoms with Crippen LogP contribution in [-0.2, 0) is 14.1 Å². The third-order valence-corrected chi connectivity index (χ3v) is 5.57. The number of methoxy groups -OCH3 is 4. The third kappa shape index (κ3) is 4.93. The van der Waals surface area contributed by atoms with Crippen LogP contribution in [0.15, 0.2) is 35.1 Å². The maximum atomic E-state index is 12.9. The zero-order chi connectivity index (χ0) is 25.7. The van der Waals surface area contributed by atoms with Crippen molar-refractivity contribution in [3.63, 3.8) is 0 Å². The Kier molecular flexibility index (Phi) is 7.70. The van der Waals surface area contributed by atoms with Gasteiger partial charge < -0.3 is 29.2 Å². The lowest BCUT2D eigenvalue weighted by atomic mass is 10.1. The summed E-state index contributed by atoms with van der Waals surface area (Å²) >= 11 is 0. The zero-order valence-electron chi connectivity index (χ0n) is 20.5. The molecular weight excluding hydrogens is 452 g/mol. The van der Waals surface area contributed by atoms with Gasteiger partial charge in [-0.2, -0.15) is 13.9 Å². The SMILES string of the molecule is COc1c(O)ccc(C=Cc2cc(C=Cc3ccc(O)c(OC)c3OC)[n+](C)c(=O)n2C)c1OC. The summed E-state index contributed by atoms with van der Waals surface area (Å²) in [6, 6.07) is 8.26. The Morgan fingerprint density at radius 1 is 0.743 bits per heavy atom. The second-order valence-electron chi connectivity index (χ2n) is 7.54. The van der Waals surface area contributed by atoms with Crippen molar-refractivity contribution in [2.24, 2.45) is 14.1 Å². The van der Waals surface area contributed by atoms with Crippen molar-refractivity contribution in [3.8, 4) is 34.5 Å². The predicted octanol–water partition coefficient (Wildman–Crippen LogP) is 3.00. The van der Waals surface area contributed by atoms with Crippen molar-refractivity contribution in [1.29, 1.82) is 0 Å². The Hall–Kier alpha value is -4.40. The Morgan fingerprint density at radius 2 is 1.20 bits per heavy atom. The summed E-state index contributed by atoms with van der Waals surface area (Å²) in [5.74, 6) is 1.14. The van der Waals surface area contributed by atoms with Crippen molar-refractivity contribution in [2.45, 2.75) is 0 Å². The van der Waals surface area contributed by atoms with Gasteiger partial charge in [0.15, 0.2) is 23.0 Å². The molecule has 0 aliphatic carbocycles. The number of phenolic OH excluding ortho intramolecular Hbond substituents is 2. The average molecular weight is 482 g/mol. The molecule has 0 saturated heterocycles. The van der Waals surface area contributed by atoms with Crippen LogP contribution in [0.2, 0.25) is 0 Å². The van der Waals surface area contributed by atoms with Crippen LogP contribution in [0.4, 0.5) is 0 Å². The molecule has 0 unspecified atom stereocenters. The van der Waals surface area contributed by atoms with Crippen molar-refractivity contribution in [2.75, 3.05) is 28.4 Å². The van der Waals surface area contributed by atoms with E-state index in [1.807, 2.05) is 6.07 Å². The first-order valence-corrected chi connectivity index (χ1v) is 10.6. The molecular formula is C26H29N2O7+. The third-order valence-electron chi connectivity index (χ3n) is 5.57. The smallest absolute Gasteiger partial charge is 0.498 e. The molecule has 35 heavy (non-hydrogen) atoms. The van der Waals surface area contributed by atoms with Crippen LogP contribution in [-0.4, -0.2) is 43.2 Å². The Labute approximate surface area is 203 Å². The molecule has 3 aromatic rings. The van der Waals surface area contributed by atoms with E-state index in [-0.39, 0.29) is 28.7 Å². The van der Waals surface area contributed by atoms with Crippen LogP contribution in [0.1, 0.15) is 22.5 Å². The quantitative estimate of drug-likeness (QED) is 0.477. The molecule has 0 fully saturated rings. The number of nitrogens with zero attached hydrogens (tertiary/aromatic N) is 2. The lowest BCUT2D eigenvalue weighted by Gasteiger charge is -2.12. The molecule has 184 valence electrons. The number of aromatic hydroxyl groups is 2. The van der Waals surface area contributed by atoms with E-state index in [0.717, 1.165) is 0 Å². The summed E-state index contributed by atoms with van der Waals surface area (Å²) in [7, 11) is 9.23. The maximum Gasteiger partial charge on any atom is 0.498 e. The molecule has 0 aliphatic heterocycles. The van der Waals surface area contributed by atoms with E-state index in [0.29, 0.717) is 34.0 Å². The summed E-state index contributed by atoms with van der Waals surface area (Å²) in [4.78, 5) is 12.9. The topological polar surface area (TPSA) is 103 Å². The van der Waals surface area contributed by atoms with Gasteiger partial charge in [0.05, 0.1) is 42.5 Å². The van der Waals surface area contributed by atoms with Gasteiger partial charge >= 0.3 is 5.69 Å². The minimum atomic E-state index is -0.225. The molecule has 2 aromatic carbocycles. The van der Waals surface area contributed by atoms with Crippen LogP contribution < -0.4 is 29.2 Å². The second kappa shape index (κ2) is 10.7. The van der Waals surface area contributed by atoms with E-state index in [2.05, 4.69) is 0 Å². The molecule has 1 aromatic heterocycles. The van der Waals surface area contributed by atoms with E-state index < -0.39 is 0 Å². The lowest BCUT2D eigenvalue weighted by Crippen LogP contribution is -2.53. The number of phenols is 2. The number of rotatable bonds is 8. The van der Waals surface area contributed by atoms with Crippen molar-refractivity contribution in [3.05, 3.63) is 63.3 Å². The Bertz CT molecular complexity index is 1260. The van der Waals surface area contributed by atoms with Crippen molar-refractivity contribution >= 4 is 24.3 Å². The molecule has 9 nitrogen and oxygen atoms in total. The van der Waals surface area contributed by atoms with E-state index in [4.69, 9.17) is 18.9 Å². The summed E-state index contributed by atoms with van der Waals surface area (Å²) < 4.78 is 24.3. The summed E-state index contributed by atoms with van der Waals surface area (Å²) in [5.41, 5.74) is 2.38. The monoisotopic (exact) mass is 481 g/mol. The van der Waals surface area contributed by atoms with Gasteiger partial charge in [-0.25, -0.2) is 0 Å². The van der Waals surface area contributed by atoms with E-state index >= 15 is 0 Å². The molecule has 0 spiro atoms. The van der Waals surface area contributed by atoms with Crippen molar-refractivity contribution < 1.29 is 33.7 Å². The normalized spacial score (nSPS) is 11.3. The standard InChI is InChI=1S/C26H28N2O7/c1-27-18(11-7-16-9-13-20(29)24(34-5)22(16)32-3)15-19(28(2)26(27)31)12-8-17-10-14-21(30)25(35-6)23(17)33-4/h7-15H,1-6H3,(H,29,30)/p+1. The minimum absolute atomic E-state index is 0.0330. The van der Waals surface area contributed by atoms with Crippen LogP contribution in [0, 0.1) is 0 Å². The largest absolute Gasteiger partial charge is 0.504 e. The maximum absolute atomic E-state index is 12.9. The summed E-state index contributed by atoms with van der Waals surface area (Å²) in [5, 5.41) is 20.0.